The molecule has 3 heteroatoms. The van der Waals surface area contributed by atoms with Crippen molar-refractivity contribution in [2.24, 2.45) is 7.05 Å². The summed E-state index contributed by atoms with van der Waals surface area (Å²) in [5, 5.41) is 0. The molecule has 0 aliphatic rings. The Kier molecular flexibility index (Phi) is 8.36. The first-order chi connectivity index (χ1) is 7.25. The van der Waals surface area contributed by atoms with Gasteiger partial charge in [0.05, 0.1) is 13.6 Å². The summed E-state index contributed by atoms with van der Waals surface area (Å²) in [4.78, 5) is 0. The molecule has 0 bridgehead atoms. The van der Waals surface area contributed by atoms with E-state index in [1.165, 1.54) is 50.9 Å². The molecule has 1 rings (SSSR count). The number of imidazole rings is 1. The van der Waals surface area contributed by atoms with Crippen molar-refractivity contribution in [2.45, 2.75) is 58.9 Å². The lowest BCUT2D eigenvalue weighted by Gasteiger charge is -2.00. The summed E-state index contributed by atoms with van der Waals surface area (Å²) in [6.07, 6.45) is 12.6. The van der Waals surface area contributed by atoms with Crippen LogP contribution in [0.5, 0.6) is 0 Å². The molecule has 94 valence electrons. The molecule has 0 fully saturated rings. The zero-order valence-electron chi connectivity index (χ0n) is 10.9. The van der Waals surface area contributed by atoms with E-state index < -0.39 is 0 Å². The largest absolute Gasteiger partial charge is 1.00 e. The second kappa shape index (κ2) is 8.63. The molecule has 0 saturated carbocycles. The lowest BCUT2D eigenvalue weighted by molar-refractivity contribution is -0.677. The van der Waals surface area contributed by atoms with Gasteiger partial charge in [-0.2, -0.15) is 0 Å². The third-order valence-electron chi connectivity index (χ3n) is 3.15. The molecule has 0 spiro atoms. The van der Waals surface area contributed by atoms with Crippen LogP contribution in [-0.4, -0.2) is 4.57 Å². The van der Waals surface area contributed by atoms with E-state index in [9.17, 15) is 0 Å². The van der Waals surface area contributed by atoms with Gasteiger partial charge < -0.3 is 12.4 Å². The first kappa shape index (κ1) is 15.5. The molecular weight excluding hydrogens is 220 g/mol. The summed E-state index contributed by atoms with van der Waals surface area (Å²) in [5.41, 5.74) is 0. The smallest absolute Gasteiger partial charge is 0.253 e. The van der Waals surface area contributed by atoms with Gasteiger partial charge in [0, 0.05) is 6.92 Å². The molecule has 1 aromatic rings. The van der Waals surface area contributed by atoms with Gasteiger partial charge in [-0.15, -0.1) is 0 Å². The number of hydrogen-bond donors (Lipinski definition) is 0. The predicted molar refractivity (Wildman–Crippen MR) is 63.7 cm³/mol. The molecule has 0 aliphatic heterocycles. The molecule has 0 aromatic carbocycles. The maximum Gasteiger partial charge on any atom is 0.253 e. The molecule has 0 radical (unpaired) electrons. The van der Waals surface area contributed by atoms with Gasteiger partial charge in [-0.25, -0.2) is 9.13 Å². The zero-order valence-corrected chi connectivity index (χ0v) is 11.6. The Labute approximate surface area is 106 Å². The van der Waals surface area contributed by atoms with Crippen LogP contribution in [0.2, 0.25) is 0 Å². The van der Waals surface area contributed by atoms with Crippen LogP contribution in [0.15, 0.2) is 12.4 Å². The highest BCUT2D eigenvalue weighted by Crippen LogP contribution is 2.06. The fraction of sp³-hybridized carbons (Fsp3) is 0.769. The molecule has 0 unspecified atom stereocenters. The molecule has 0 saturated heterocycles. The van der Waals surface area contributed by atoms with E-state index in [1.807, 2.05) is 0 Å². The fourth-order valence-electron chi connectivity index (χ4n) is 1.90. The molecule has 1 aromatic heterocycles. The number of aromatic nitrogens is 2. The van der Waals surface area contributed by atoms with Crippen molar-refractivity contribution in [3.8, 4) is 0 Å². The molecule has 2 nitrogen and oxygen atoms in total. The number of rotatable bonds is 7. The van der Waals surface area contributed by atoms with Gasteiger partial charge in [0.1, 0.15) is 12.4 Å². The summed E-state index contributed by atoms with van der Waals surface area (Å²) in [5.74, 6) is 1.35. The van der Waals surface area contributed by atoms with E-state index >= 15 is 0 Å². The van der Waals surface area contributed by atoms with Crippen molar-refractivity contribution in [1.29, 1.82) is 0 Å². The highest BCUT2D eigenvalue weighted by molar-refractivity contribution is 4.78. The number of hydrogen-bond acceptors (Lipinski definition) is 0. The minimum absolute atomic E-state index is 0. The molecule has 0 N–H and O–H groups in total. The van der Waals surface area contributed by atoms with Crippen molar-refractivity contribution < 1.29 is 17.0 Å². The fourth-order valence-corrected chi connectivity index (χ4v) is 1.90. The monoisotopic (exact) mass is 244 g/mol. The van der Waals surface area contributed by atoms with Gasteiger partial charge >= 0.3 is 0 Å². The molecule has 0 atom stereocenters. The van der Waals surface area contributed by atoms with E-state index in [4.69, 9.17) is 0 Å². The van der Waals surface area contributed by atoms with Crippen molar-refractivity contribution in [3.63, 3.8) is 0 Å². The minimum atomic E-state index is 0. The summed E-state index contributed by atoms with van der Waals surface area (Å²) < 4.78 is 4.52. The van der Waals surface area contributed by atoms with Crippen LogP contribution in [0.3, 0.4) is 0 Å². The molecule has 0 aliphatic carbocycles. The molecular formula is C13H25ClN2. The molecule has 0 amide bonds. The summed E-state index contributed by atoms with van der Waals surface area (Å²) in [6.45, 7) is 5.62. The van der Waals surface area contributed by atoms with Gasteiger partial charge in [-0.1, -0.05) is 32.6 Å². The Morgan fingerprint density at radius 3 is 2.31 bits per heavy atom. The Bertz CT molecular complexity index is 281. The third-order valence-corrected chi connectivity index (χ3v) is 3.15. The quantitative estimate of drug-likeness (QED) is 0.471. The summed E-state index contributed by atoms with van der Waals surface area (Å²) >= 11 is 0. The molecule has 16 heavy (non-hydrogen) atoms. The van der Waals surface area contributed by atoms with Gasteiger partial charge in [-0.3, -0.25) is 0 Å². The van der Waals surface area contributed by atoms with Gasteiger partial charge in [0.2, 0.25) is 0 Å². The van der Waals surface area contributed by atoms with Crippen molar-refractivity contribution in [3.05, 3.63) is 18.2 Å². The van der Waals surface area contributed by atoms with Crippen molar-refractivity contribution >= 4 is 0 Å². The Morgan fingerprint density at radius 2 is 1.75 bits per heavy atom. The second-order valence-corrected chi connectivity index (χ2v) is 4.42. The molecule has 1 heterocycles. The Balaban J connectivity index is 0.00000225. The lowest BCUT2D eigenvalue weighted by Crippen LogP contribution is -3.00. The van der Waals surface area contributed by atoms with Crippen LogP contribution in [0.1, 0.15) is 51.3 Å². The van der Waals surface area contributed by atoms with Crippen molar-refractivity contribution in [1.82, 2.24) is 4.57 Å². The van der Waals surface area contributed by atoms with Crippen LogP contribution >= 0.6 is 0 Å². The number of aryl methyl sites for hydroxylation is 2. The Morgan fingerprint density at radius 1 is 1.12 bits per heavy atom. The van der Waals surface area contributed by atoms with E-state index in [1.54, 1.807) is 0 Å². The number of nitrogens with zero attached hydrogens (tertiary/aromatic N) is 2. The van der Waals surface area contributed by atoms with E-state index in [0.29, 0.717) is 0 Å². The summed E-state index contributed by atoms with van der Waals surface area (Å²) in [6, 6.07) is 0. The highest BCUT2D eigenvalue weighted by Gasteiger charge is 2.07. The first-order valence-electron chi connectivity index (χ1n) is 6.27. The van der Waals surface area contributed by atoms with Gasteiger partial charge in [-0.05, 0) is 12.8 Å². The van der Waals surface area contributed by atoms with Crippen LogP contribution in [0.4, 0.5) is 0 Å². The number of halogens is 1. The average Bonchev–Trinajstić information content (AvgIpc) is 2.54. The van der Waals surface area contributed by atoms with E-state index in [-0.39, 0.29) is 12.4 Å². The van der Waals surface area contributed by atoms with Crippen molar-refractivity contribution in [2.75, 3.05) is 0 Å². The first-order valence-corrected chi connectivity index (χ1v) is 6.27. The van der Waals surface area contributed by atoms with Crippen LogP contribution in [0, 0.1) is 6.92 Å². The van der Waals surface area contributed by atoms with Gasteiger partial charge in [0.25, 0.3) is 5.82 Å². The zero-order chi connectivity index (χ0) is 11.1. The maximum absolute atomic E-state index is 2.35. The second-order valence-electron chi connectivity index (χ2n) is 4.42. The summed E-state index contributed by atoms with van der Waals surface area (Å²) in [7, 11) is 2.10. The average molecular weight is 245 g/mol. The topological polar surface area (TPSA) is 8.81 Å². The normalized spacial score (nSPS) is 10.2. The highest BCUT2D eigenvalue weighted by atomic mass is 35.5. The van der Waals surface area contributed by atoms with Crippen LogP contribution in [0.25, 0.3) is 0 Å². The van der Waals surface area contributed by atoms with E-state index in [0.717, 1.165) is 0 Å². The van der Waals surface area contributed by atoms with Crippen LogP contribution < -0.4 is 17.0 Å². The lowest BCUT2D eigenvalue weighted by atomic mass is 10.1. The minimum Gasteiger partial charge on any atom is -1.00 e. The maximum atomic E-state index is 2.35. The number of unbranched alkanes of at least 4 members (excludes halogenated alkanes) is 5. The Hall–Kier alpha value is -0.500. The SMILES string of the molecule is CCCCCCCCn1cc[n+](C)c1C.[Cl-]. The standard InChI is InChI=1S/C13H25N2.ClH/c1-4-5-6-7-8-9-10-15-12-11-14(3)13(15)2;/h11-12H,4-10H2,1-3H3;1H/q+1;/p-1. The third kappa shape index (κ3) is 5.02. The van der Waals surface area contributed by atoms with Gasteiger partial charge in [0.15, 0.2) is 0 Å². The van der Waals surface area contributed by atoms with Crippen LogP contribution in [-0.2, 0) is 13.6 Å². The van der Waals surface area contributed by atoms with E-state index in [2.05, 4.69) is 42.4 Å². The predicted octanol–water partition coefficient (Wildman–Crippen LogP) is -0.0145.